The van der Waals surface area contributed by atoms with Crippen molar-refractivity contribution in [1.82, 2.24) is 15.1 Å². The standard InChI is InChI=1S/C12H21N5/c1-12(2,3)17(4)7-5-6-10-9(8-13)11(14)16-15-10/h5-7H2,1-4H3,(H3,14,15,16). The first-order chi connectivity index (χ1) is 7.86. The Balaban J connectivity index is 2.50. The average molecular weight is 235 g/mol. The van der Waals surface area contributed by atoms with Gasteiger partial charge in [-0.2, -0.15) is 10.4 Å². The fourth-order valence-electron chi connectivity index (χ4n) is 1.53. The van der Waals surface area contributed by atoms with E-state index in [1.807, 2.05) is 0 Å². The number of nitriles is 1. The number of H-pyrrole nitrogens is 1. The molecule has 0 saturated heterocycles. The van der Waals surface area contributed by atoms with Crippen LogP contribution in [0, 0.1) is 11.3 Å². The van der Waals surface area contributed by atoms with Crippen LogP contribution in [0.5, 0.6) is 0 Å². The van der Waals surface area contributed by atoms with Crippen molar-refractivity contribution in [1.29, 1.82) is 5.26 Å². The lowest BCUT2D eigenvalue weighted by atomic mass is 10.1. The van der Waals surface area contributed by atoms with Gasteiger partial charge in [-0.05, 0) is 47.2 Å². The average Bonchev–Trinajstić information content (AvgIpc) is 2.57. The van der Waals surface area contributed by atoms with Crippen LogP contribution in [0.2, 0.25) is 0 Å². The molecule has 0 spiro atoms. The maximum atomic E-state index is 8.93. The van der Waals surface area contributed by atoms with Crippen LogP contribution in [-0.2, 0) is 6.42 Å². The van der Waals surface area contributed by atoms with E-state index in [0.717, 1.165) is 25.1 Å². The Hall–Kier alpha value is -1.54. The molecule has 5 nitrogen and oxygen atoms in total. The molecule has 0 unspecified atom stereocenters. The molecular formula is C12H21N5. The van der Waals surface area contributed by atoms with Gasteiger partial charge in [0.25, 0.3) is 0 Å². The zero-order valence-corrected chi connectivity index (χ0v) is 11.0. The Bertz CT molecular complexity index is 408. The summed E-state index contributed by atoms with van der Waals surface area (Å²) in [5.74, 6) is 0.298. The minimum Gasteiger partial charge on any atom is -0.381 e. The highest BCUT2D eigenvalue weighted by atomic mass is 15.2. The third-order valence-corrected chi connectivity index (χ3v) is 3.05. The quantitative estimate of drug-likeness (QED) is 0.829. The van der Waals surface area contributed by atoms with E-state index in [1.165, 1.54) is 0 Å². The van der Waals surface area contributed by atoms with Gasteiger partial charge >= 0.3 is 0 Å². The Morgan fingerprint density at radius 1 is 1.47 bits per heavy atom. The van der Waals surface area contributed by atoms with E-state index in [-0.39, 0.29) is 5.54 Å². The SMILES string of the molecule is CN(CCCc1[nH]nc(N)c1C#N)C(C)(C)C. The summed E-state index contributed by atoms with van der Waals surface area (Å²) in [6.07, 6.45) is 1.78. The lowest BCUT2D eigenvalue weighted by molar-refractivity contribution is 0.174. The van der Waals surface area contributed by atoms with Crippen LogP contribution in [-0.4, -0.2) is 34.2 Å². The number of aryl methyl sites for hydroxylation is 1. The Morgan fingerprint density at radius 3 is 2.65 bits per heavy atom. The zero-order chi connectivity index (χ0) is 13.1. The van der Waals surface area contributed by atoms with Crippen LogP contribution in [0.1, 0.15) is 38.4 Å². The number of nitrogen functional groups attached to an aromatic ring is 1. The largest absolute Gasteiger partial charge is 0.381 e. The first-order valence-corrected chi connectivity index (χ1v) is 5.80. The fraction of sp³-hybridized carbons (Fsp3) is 0.667. The Labute approximate surface area is 103 Å². The molecule has 0 aliphatic rings. The molecule has 0 saturated carbocycles. The molecule has 0 aromatic carbocycles. The van der Waals surface area contributed by atoms with E-state index in [9.17, 15) is 0 Å². The number of hydrogen-bond donors (Lipinski definition) is 2. The highest BCUT2D eigenvalue weighted by Crippen LogP contribution is 2.15. The molecule has 1 aromatic heterocycles. The van der Waals surface area contributed by atoms with E-state index in [1.54, 1.807) is 0 Å². The highest BCUT2D eigenvalue weighted by Gasteiger charge is 2.16. The van der Waals surface area contributed by atoms with Crippen LogP contribution < -0.4 is 5.73 Å². The molecule has 0 aliphatic carbocycles. The summed E-state index contributed by atoms with van der Waals surface area (Å²) in [5.41, 5.74) is 7.08. The smallest absolute Gasteiger partial charge is 0.163 e. The van der Waals surface area contributed by atoms with E-state index < -0.39 is 0 Å². The predicted molar refractivity (Wildman–Crippen MR) is 68.4 cm³/mol. The number of hydrogen-bond acceptors (Lipinski definition) is 4. The minimum atomic E-state index is 0.172. The lowest BCUT2D eigenvalue weighted by Crippen LogP contribution is -2.38. The van der Waals surface area contributed by atoms with E-state index >= 15 is 0 Å². The van der Waals surface area contributed by atoms with Crippen molar-refractivity contribution in [2.45, 2.75) is 39.2 Å². The molecule has 0 bridgehead atoms. The van der Waals surface area contributed by atoms with Crippen LogP contribution in [0.25, 0.3) is 0 Å². The Morgan fingerprint density at radius 2 is 2.12 bits per heavy atom. The number of nitrogens with zero attached hydrogens (tertiary/aromatic N) is 3. The second-order valence-corrected chi connectivity index (χ2v) is 5.27. The van der Waals surface area contributed by atoms with Crippen LogP contribution in [0.3, 0.4) is 0 Å². The second-order valence-electron chi connectivity index (χ2n) is 5.27. The van der Waals surface area contributed by atoms with Crippen molar-refractivity contribution in [3.05, 3.63) is 11.3 Å². The zero-order valence-electron chi connectivity index (χ0n) is 11.0. The third kappa shape index (κ3) is 3.46. The topological polar surface area (TPSA) is 81.7 Å². The molecule has 5 heteroatoms. The van der Waals surface area contributed by atoms with Crippen LogP contribution in [0.15, 0.2) is 0 Å². The van der Waals surface area contributed by atoms with E-state index in [2.05, 4.69) is 49.0 Å². The van der Waals surface area contributed by atoms with Gasteiger partial charge < -0.3 is 10.6 Å². The summed E-state index contributed by atoms with van der Waals surface area (Å²) >= 11 is 0. The van der Waals surface area contributed by atoms with Gasteiger partial charge in [0.05, 0.1) is 5.69 Å². The van der Waals surface area contributed by atoms with Gasteiger partial charge in [0, 0.05) is 5.54 Å². The number of aromatic amines is 1. The molecule has 0 fully saturated rings. The lowest BCUT2D eigenvalue weighted by Gasteiger charge is -2.31. The molecule has 0 aliphatic heterocycles. The monoisotopic (exact) mass is 235 g/mol. The minimum absolute atomic E-state index is 0.172. The maximum absolute atomic E-state index is 8.93. The number of nitrogens with two attached hydrogens (primary N) is 1. The van der Waals surface area contributed by atoms with Crippen molar-refractivity contribution in [3.63, 3.8) is 0 Å². The molecule has 0 amide bonds. The van der Waals surface area contributed by atoms with Crippen molar-refractivity contribution >= 4 is 5.82 Å². The summed E-state index contributed by atoms with van der Waals surface area (Å²) in [6.45, 7) is 7.53. The summed E-state index contributed by atoms with van der Waals surface area (Å²) in [6, 6.07) is 2.08. The number of anilines is 1. The molecule has 1 aromatic rings. The first kappa shape index (κ1) is 13.5. The molecule has 1 heterocycles. The molecule has 0 atom stereocenters. The summed E-state index contributed by atoms with van der Waals surface area (Å²) in [5, 5.41) is 15.6. The van der Waals surface area contributed by atoms with Gasteiger partial charge in [-0.1, -0.05) is 0 Å². The normalized spacial score (nSPS) is 11.8. The van der Waals surface area contributed by atoms with Crippen molar-refractivity contribution in [3.8, 4) is 6.07 Å². The number of rotatable bonds is 4. The fourth-order valence-corrected chi connectivity index (χ4v) is 1.53. The number of aromatic nitrogens is 2. The molecule has 0 radical (unpaired) electrons. The summed E-state index contributed by atoms with van der Waals surface area (Å²) in [7, 11) is 2.10. The van der Waals surface area contributed by atoms with Crippen LogP contribution >= 0.6 is 0 Å². The third-order valence-electron chi connectivity index (χ3n) is 3.05. The van der Waals surface area contributed by atoms with Gasteiger partial charge in [0.15, 0.2) is 5.82 Å². The highest BCUT2D eigenvalue weighted by molar-refractivity contribution is 5.50. The molecule has 17 heavy (non-hydrogen) atoms. The van der Waals surface area contributed by atoms with Gasteiger partial charge in [-0.3, -0.25) is 5.10 Å². The van der Waals surface area contributed by atoms with E-state index in [4.69, 9.17) is 11.0 Å². The van der Waals surface area contributed by atoms with Gasteiger partial charge in [0.1, 0.15) is 11.6 Å². The van der Waals surface area contributed by atoms with Gasteiger partial charge in [0.2, 0.25) is 0 Å². The van der Waals surface area contributed by atoms with E-state index in [0.29, 0.717) is 11.4 Å². The number of nitrogens with one attached hydrogen (secondary N) is 1. The molecular weight excluding hydrogens is 214 g/mol. The van der Waals surface area contributed by atoms with Crippen molar-refractivity contribution < 1.29 is 0 Å². The Kier molecular flexibility index (Phi) is 4.13. The van der Waals surface area contributed by atoms with Crippen molar-refractivity contribution in [2.24, 2.45) is 0 Å². The molecule has 3 N–H and O–H groups in total. The van der Waals surface area contributed by atoms with Gasteiger partial charge in [-0.25, -0.2) is 0 Å². The van der Waals surface area contributed by atoms with Crippen LogP contribution in [0.4, 0.5) is 5.82 Å². The molecule has 1 rings (SSSR count). The summed E-state index contributed by atoms with van der Waals surface area (Å²) in [4.78, 5) is 2.29. The molecule has 94 valence electrons. The predicted octanol–water partition coefficient (Wildman–Crippen LogP) is 1.53. The maximum Gasteiger partial charge on any atom is 0.163 e. The second kappa shape index (κ2) is 5.19. The first-order valence-electron chi connectivity index (χ1n) is 5.80. The summed E-state index contributed by atoms with van der Waals surface area (Å²) < 4.78 is 0. The van der Waals surface area contributed by atoms with Crippen molar-refractivity contribution in [2.75, 3.05) is 19.3 Å². The van der Waals surface area contributed by atoms with Gasteiger partial charge in [-0.15, -0.1) is 0 Å².